The smallest absolute Gasteiger partial charge is 0.339 e. The quantitative estimate of drug-likeness (QED) is 0.0555. The van der Waals surface area contributed by atoms with Gasteiger partial charge in [-0.2, -0.15) is 0 Å². The lowest BCUT2D eigenvalue weighted by molar-refractivity contribution is -0.122. The molecule has 0 unspecified atom stereocenters. The number of benzene rings is 1. The molecule has 2 amide bonds. The van der Waals surface area contributed by atoms with Gasteiger partial charge in [-0.3, -0.25) is 9.59 Å². The van der Waals surface area contributed by atoms with Crippen molar-refractivity contribution in [1.29, 1.82) is 0 Å². The van der Waals surface area contributed by atoms with Crippen LogP contribution in [0.2, 0.25) is 0 Å². The van der Waals surface area contributed by atoms with Crippen LogP contribution in [-0.2, 0) is 22.7 Å². The average molecular weight is 673 g/mol. The van der Waals surface area contributed by atoms with Crippen molar-refractivity contribution in [2.24, 2.45) is 0 Å². The Morgan fingerprint density at radius 3 is 1.19 bits per heavy atom. The predicted molar refractivity (Wildman–Crippen MR) is 199 cm³/mol. The predicted octanol–water partition coefficient (Wildman–Crippen LogP) is 11.3. The molecule has 0 aliphatic carbocycles. The highest BCUT2D eigenvalue weighted by Gasteiger charge is 2.17. The first kappa shape index (κ1) is 43.5. The van der Waals surface area contributed by atoms with Crippen LogP contribution in [0.25, 0.3) is 0 Å². The standard InChI is InChI=1S/C41H72N2O5/c1-3-5-7-9-11-13-15-17-19-21-23-25-27-29-38(44)42-33-35-31-36(40(46)37(32-35)41(47)48)34-43-39(45)30-28-26-24-22-20-18-16-14-12-10-8-6-4-2/h31-32,46H,3-30,33-34H2,1-2H3,(H,42,44)(H,43,45)(H,47,48). The van der Waals surface area contributed by atoms with E-state index in [0.29, 0.717) is 24.0 Å². The number of amides is 2. The summed E-state index contributed by atoms with van der Waals surface area (Å²) in [7, 11) is 0. The molecule has 0 spiro atoms. The van der Waals surface area contributed by atoms with Gasteiger partial charge >= 0.3 is 5.97 Å². The summed E-state index contributed by atoms with van der Waals surface area (Å²) in [5, 5.41) is 25.9. The number of phenols is 1. The topological polar surface area (TPSA) is 116 Å². The van der Waals surface area contributed by atoms with Gasteiger partial charge in [-0.05, 0) is 30.5 Å². The maximum atomic E-state index is 12.4. The number of aromatic carboxylic acids is 1. The number of nitrogens with one attached hydrogen (secondary N) is 2. The van der Waals surface area contributed by atoms with Gasteiger partial charge in [0, 0.05) is 31.5 Å². The number of hydrogen-bond acceptors (Lipinski definition) is 4. The average Bonchev–Trinajstić information content (AvgIpc) is 3.07. The van der Waals surface area contributed by atoms with E-state index in [1.807, 2.05) is 0 Å². The van der Waals surface area contributed by atoms with E-state index in [-0.39, 0.29) is 36.2 Å². The molecule has 0 heterocycles. The molecule has 48 heavy (non-hydrogen) atoms. The van der Waals surface area contributed by atoms with Crippen molar-refractivity contribution < 1.29 is 24.6 Å². The van der Waals surface area contributed by atoms with E-state index in [1.54, 1.807) is 6.07 Å². The zero-order valence-electron chi connectivity index (χ0n) is 31.0. The Morgan fingerprint density at radius 1 is 0.500 bits per heavy atom. The third-order valence-corrected chi connectivity index (χ3v) is 9.46. The molecule has 0 aliphatic heterocycles. The maximum Gasteiger partial charge on any atom is 0.339 e. The van der Waals surface area contributed by atoms with Crippen LogP contribution in [0, 0.1) is 0 Å². The molecule has 0 atom stereocenters. The second-order valence-corrected chi connectivity index (χ2v) is 14.0. The highest BCUT2D eigenvalue weighted by Crippen LogP contribution is 2.25. The molecule has 0 saturated carbocycles. The van der Waals surface area contributed by atoms with Crippen LogP contribution in [0.15, 0.2) is 12.1 Å². The first-order valence-electron chi connectivity index (χ1n) is 20.0. The molecule has 0 bridgehead atoms. The minimum absolute atomic E-state index is 0.0458. The summed E-state index contributed by atoms with van der Waals surface area (Å²) in [5.74, 6) is -1.75. The van der Waals surface area contributed by atoms with Crippen molar-refractivity contribution in [2.45, 2.75) is 207 Å². The molecule has 7 nitrogen and oxygen atoms in total. The monoisotopic (exact) mass is 673 g/mol. The van der Waals surface area contributed by atoms with Crippen molar-refractivity contribution in [3.63, 3.8) is 0 Å². The largest absolute Gasteiger partial charge is 0.507 e. The number of carbonyl (C=O) groups excluding carboxylic acids is 2. The number of carboxylic acid groups (broad SMARTS) is 1. The molecular formula is C41H72N2O5. The van der Waals surface area contributed by atoms with Gasteiger partial charge in [-0.15, -0.1) is 0 Å². The van der Waals surface area contributed by atoms with Gasteiger partial charge < -0.3 is 20.8 Å². The van der Waals surface area contributed by atoms with E-state index in [4.69, 9.17) is 0 Å². The summed E-state index contributed by atoms with van der Waals surface area (Å²) in [6.45, 7) is 4.73. The number of hydrogen-bond donors (Lipinski definition) is 4. The summed E-state index contributed by atoms with van der Waals surface area (Å²) in [6, 6.07) is 3.06. The van der Waals surface area contributed by atoms with Crippen LogP contribution in [-0.4, -0.2) is 28.0 Å². The van der Waals surface area contributed by atoms with Crippen LogP contribution in [0.3, 0.4) is 0 Å². The number of rotatable bonds is 33. The van der Waals surface area contributed by atoms with E-state index >= 15 is 0 Å². The van der Waals surface area contributed by atoms with Crippen LogP contribution >= 0.6 is 0 Å². The van der Waals surface area contributed by atoms with Gasteiger partial charge in [-0.1, -0.05) is 168 Å². The van der Waals surface area contributed by atoms with E-state index in [1.165, 1.54) is 134 Å². The molecule has 0 aromatic heterocycles. The lowest BCUT2D eigenvalue weighted by Gasteiger charge is -2.13. The van der Waals surface area contributed by atoms with Gasteiger partial charge in [0.1, 0.15) is 11.3 Å². The number of unbranched alkanes of at least 4 members (excludes halogenated alkanes) is 24. The molecule has 1 aromatic rings. The molecule has 0 radical (unpaired) electrons. The lowest BCUT2D eigenvalue weighted by Crippen LogP contribution is -2.24. The van der Waals surface area contributed by atoms with Gasteiger partial charge in [0.15, 0.2) is 0 Å². The van der Waals surface area contributed by atoms with Crippen LogP contribution in [0.5, 0.6) is 5.75 Å². The van der Waals surface area contributed by atoms with Crippen LogP contribution < -0.4 is 10.6 Å². The van der Waals surface area contributed by atoms with Gasteiger partial charge in [0.05, 0.1) is 0 Å². The molecule has 0 fully saturated rings. The highest BCUT2D eigenvalue weighted by molar-refractivity contribution is 5.91. The summed E-state index contributed by atoms with van der Waals surface area (Å²) < 4.78 is 0. The summed E-state index contributed by atoms with van der Waals surface area (Å²) >= 11 is 0. The van der Waals surface area contributed by atoms with Crippen molar-refractivity contribution >= 4 is 17.8 Å². The second kappa shape index (κ2) is 30.5. The molecular weight excluding hydrogens is 600 g/mol. The van der Waals surface area contributed by atoms with Gasteiger partial charge in [-0.25, -0.2) is 4.79 Å². The Morgan fingerprint density at radius 2 is 0.833 bits per heavy atom. The van der Waals surface area contributed by atoms with Crippen LogP contribution in [0.1, 0.15) is 215 Å². The minimum Gasteiger partial charge on any atom is -0.507 e. The van der Waals surface area contributed by atoms with Crippen molar-refractivity contribution in [3.8, 4) is 5.75 Å². The van der Waals surface area contributed by atoms with Gasteiger partial charge in [0.25, 0.3) is 0 Å². The Hall–Kier alpha value is -2.57. The first-order chi connectivity index (χ1) is 23.4. The van der Waals surface area contributed by atoms with E-state index in [0.717, 1.165) is 38.5 Å². The number of aromatic hydroxyl groups is 1. The van der Waals surface area contributed by atoms with E-state index < -0.39 is 5.97 Å². The molecule has 1 aromatic carbocycles. The molecule has 276 valence electrons. The normalized spacial score (nSPS) is 11.1. The van der Waals surface area contributed by atoms with Crippen molar-refractivity contribution in [3.05, 3.63) is 28.8 Å². The third kappa shape index (κ3) is 23.7. The van der Waals surface area contributed by atoms with E-state index in [2.05, 4.69) is 24.5 Å². The second-order valence-electron chi connectivity index (χ2n) is 14.0. The fourth-order valence-corrected chi connectivity index (χ4v) is 6.34. The number of carbonyl (C=O) groups is 3. The lowest BCUT2D eigenvalue weighted by atomic mass is 10.0. The Kier molecular flexibility index (Phi) is 27.6. The molecule has 4 N–H and O–H groups in total. The van der Waals surface area contributed by atoms with E-state index in [9.17, 15) is 24.6 Å². The fraction of sp³-hybridized carbons (Fsp3) is 0.780. The summed E-state index contributed by atoms with van der Waals surface area (Å²) in [4.78, 5) is 36.6. The summed E-state index contributed by atoms with van der Waals surface area (Å²) in [5.41, 5.74) is 0.706. The molecule has 7 heteroatoms. The molecule has 0 aliphatic rings. The van der Waals surface area contributed by atoms with Crippen LogP contribution in [0.4, 0.5) is 0 Å². The first-order valence-corrected chi connectivity index (χ1v) is 20.0. The Balaban J connectivity index is 2.23. The fourth-order valence-electron chi connectivity index (χ4n) is 6.34. The zero-order valence-corrected chi connectivity index (χ0v) is 31.0. The van der Waals surface area contributed by atoms with Crippen molar-refractivity contribution in [1.82, 2.24) is 10.6 Å². The molecule has 1 rings (SSSR count). The van der Waals surface area contributed by atoms with Crippen molar-refractivity contribution in [2.75, 3.05) is 0 Å². The Bertz CT molecular complexity index is 980. The zero-order chi connectivity index (χ0) is 35.1. The molecule has 0 saturated heterocycles. The SMILES string of the molecule is CCCCCCCCCCCCCCCC(=O)NCc1cc(CNC(=O)CCCCCCCCCCCCCCC)c(O)c(C(=O)O)c1. The summed E-state index contributed by atoms with van der Waals surface area (Å²) in [6.07, 6.45) is 33.4. The van der Waals surface area contributed by atoms with Gasteiger partial charge in [0.2, 0.25) is 11.8 Å². The Labute approximate surface area is 293 Å². The maximum absolute atomic E-state index is 12.4. The minimum atomic E-state index is -1.24. The third-order valence-electron chi connectivity index (χ3n) is 9.46. The number of carboxylic acids is 1. The highest BCUT2D eigenvalue weighted by atomic mass is 16.4.